The van der Waals surface area contributed by atoms with Crippen LogP contribution in [0.15, 0.2) is 72.8 Å². The smallest absolute Gasteiger partial charge is 0.494 e. The Kier molecular flexibility index (Phi) is 19.0. The van der Waals surface area contributed by atoms with Crippen molar-refractivity contribution in [3.05, 3.63) is 72.8 Å². The highest BCUT2D eigenvalue weighted by atomic mass is 16.7. The van der Waals surface area contributed by atoms with Crippen molar-refractivity contribution in [3.63, 3.8) is 0 Å². The zero-order chi connectivity index (χ0) is 32.5. The van der Waals surface area contributed by atoms with Gasteiger partial charge in [-0.25, -0.2) is 0 Å². The monoisotopic (exact) mass is 638 g/mol. The predicted octanol–water partition coefficient (Wildman–Crippen LogP) is 7.79. The van der Waals surface area contributed by atoms with E-state index in [1.165, 1.54) is 0 Å². The molecule has 3 aromatic carbocycles. The number of unbranched alkanes of at least 4 members (excludes halogenated alkanes) is 6. The van der Waals surface area contributed by atoms with Crippen LogP contribution >= 0.6 is 0 Å². The average molecular weight is 639 g/mol. The van der Waals surface area contributed by atoms with Gasteiger partial charge < -0.3 is 42.4 Å². The molecular weight excluding hydrogens is 587 g/mol. The lowest BCUT2D eigenvalue weighted by Crippen LogP contribution is -2.36. The third-order valence-electron chi connectivity index (χ3n) is 6.95. The van der Waals surface area contributed by atoms with Gasteiger partial charge in [-0.2, -0.15) is 0 Å². The average Bonchev–Trinajstić information content (AvgIpc) is 3.08. The Morgan fingerprint density at radius 2 is 0.565 bits per heavy atom. The van der Waals surface area contributed by atoms with E-state index in [0.29, 0.717) is 37.1 Å². The van der Waals surface area contributed by atoms with E-state index in [1.54, 1.807) is 21.3 Å². The minimum absolute atomic E-state index is 0.583. The fourth-order valence-electron chi connectivity index (χ4n) is 4.39. The summed E-state index contributed by atoms with van der Waals surface area (Å²) in [5, 5.41) is 0. The van der Waals surface area contributed by atoms with Crippen molar-refractivity contribution in [3.8, 4) is 34.5 Å². The molecule has 46 heavy (non-hydrogen) atoms. The van der Waals surface area contributed by atoms with Crippen LogP contribution in [0.4, 0.5) is 0 Å². The zero-order valence-electron chi connectivity index (χ0n) is 27.8. The van der Waals surface area contributed by atoms with E-state index in [9.17, 15) is 0 Å². The standard InChI is InChI=1S/C36H51BO9/c1-38-25-7-4-10-28-41-31-13-19-34(20-14-31)44-37(45-35-21-15-32(16-22-35)42-29-11-5-8-26-39-2)46-36-23-17-33(18-24-36)43-30-12-6-9-27-40-3/h13-24H,4-12,25-30H2,1-3H3. The van der Waals surface area contributed by atoms with Gasteiger partial charge in [0.1, 0.15) is 34.5 Å². The molecule has 9 nitrogen and oxygen atoms in total. The molecule has 0 N–H and O–H groups in total. The summed E-state index contributed by atoms with van der Waals surface area (Å²) in [7, 11) is 4.12. The largest absolute Gasteiger partial charge is 0.864 e. The van der Waals surface area contributed by atoms with Crippen LogP contribution in [0.2, 0.25) is 0 Å². The van der Waals surface area contributed by atoms with Crippen LogP contribution < -0.4 is 28.2 Å². The summed E-state index contributed by atoms with van der Waals surface area (Å²) in [4.78, 5) is 0. The molecule has 0 unspecified atom stereocenters. The van der Waals surface area contributed by atoms with E-state index in [-0.39, 0.29) is 0 Å². The van der Waals surface area contributed by atoms with Gasteiger partial charge >= 0.3 is 7.32 Å². The molecule has 0 heterocycles. The molecule has 0 aromatic heterocycles. The molecule has 10 heteroatoms. The maximum atomic E-state index is 6.13. The Hall–Kier alpha value is -3.60. The van der Waals surface area contributed by atoms with Gasteiger partial charge in [-0.3, -0.25) is 0 Å². The van der Waals surface area contributed by atoms with E-state index in [1.807, 2.05) is 72.8 Å². The summed E-state index contributed by atoms with van der Waals surface area (Å²) in [6, 6.07) is 22.3. The molecule has 0 aliphatic heterocycles. The summed E-state index contributed by atoms with van der Waals surface area (Å²) in [6.07, 6.45) is 9.21. The molecule has 3 aromatic rings. The van der Waals surface area contributed by atoms with Gasteiger partial charge in [0.15, 0.2) is 0 Å². The SMILES string of the molecule is COCCCCCOc1ccc(OB(Oc2ccc(OCCCCCOC)cc2)Oc2ccc(OCCCCCOC)cc2)cc1. The van der Waals surface area contributed by atoms with E-state index >= 15 is 0 Å². The lowest BCUT2D eigenvalue weighted by molar-refractivity contribution is 0.189. The van der Waals surface area contributed by atoms with Crippen molar-refractivity contribution in [2.45, 2.75) is 57.8 Å². The third-order valence-corrected chi connectivity index (χ3v) is 6.95. The molecular formula is C36H51BO9. The van der Waals surface area contributed by atoms with Gasteiger partial charge in [0, 0.05) is 41.2 Å². The summed E-state index contributed by atoms with van der Waals surface area (Å²) in [5.74, 6) is 4.08. The fourth-order valence-corrected chi connectivity index (χ4v) is 4.39. The van der Waals surface area contributed by atoms with Crippen LogP contribution in [0, 0.1) is 0 Å². The molecule has 0 aliphatic rings. The number of methoxy groups -OCH3 is 3. The third kappa shape index (κ3) is 16.1. The molecule has 0 saturated carbocycles. The summed E-state index contributed by atoms with van der Waals surface area (Å²) in [5.41, 5.74) is 0. The lowest BCUT2D eigenvalue weighted by atomic mass is 10.2. The normalized spacial score (nSPS) is 10.8. The first kappa shape index (κ1) is 36.9. The predicted molar refractivity (Wildman–Crippen MR) is 181 cm³/mol. The Bertz CT molecular complexity index is 997. The number of ether oxygens (including phenoxy) is 6. The molecule has 0 amide bonds. The van der Waals surface area contributed by atoms with Crippen LogP contribution in [0.3, 0.4) is 0 Å². The van der Waals surface area contributed by atoms with Crippen molar-refractivity contribution >= 4 is 7.32 Å². The summed E-state index contributed by atoms with van der Waals surface area (Å²) in [6.45, 7) is 4.29. The number of hydrogen-bond donors (Lipinski definition) is 0. The first-order valence-corrected chi connectivity index (χ1v) is 16.4. The second kappa shape index (κ2) is 23.7. The molecule has 3 rings (SSSR count). The van der Waals surface area contributed by atoms with Gasteiger partial charge in [-0.1, -0.05) is 0 Å². The highest BCUT2D eigenvalue weighted by Crippen LogP contribution is 2.24. The Morgan fingerprint density at radius 3 is 0.826 bits per heavy atom. The number of hydrogen-bond acceptors (Lipinski definition) is 9. The van der Waals surface area contributed by atoms with E-state index in [2.05, 4.69) is 0 Å². The van der Waals surface area contributed by atoms with Crippen molar-refractivity contribution < 1.29 is 42.4 Å². The molecule has 0 fully saturated rings. The minimum Gasteiger partial charge on any atom is -0.494 e. The Labute approximate surface area is 275 Å². The molecule has 0 radical (unpaired) electrons. The molecule has 0 bridgehead atoms. The van der Waals surface area contributed by atoms with Crippen LogP contribution in [-0.4, -0.2) is 68.3 Å². The van der Waals surface area contributed by atoms with E-state index in [4.69, 9.17) is 42.4 Å². The second-order valence-corrected chi connectivity index (χ2v) is 10.8. The topological polar surface area (TPSA) is 83.1 Å². The van der Waals surface area contributed by atoms with Gasteiger partial charge in [0.25, 0.3) is 0 Å². The van der Waals surface area contributed by atoms with Crippen molar-refractivity contribution in [1.29, 1.82) is 0 Å². The highest BCUT2D eigenvalue weighted by molar-refractivity contribution is 6.39. The van der Waals surface area contributed by atoms with Crippen molar-refractivity contribution in [2.24, 2.45) is 0 Å². The Balaban J connectivity index is 1.56. The zero-order valence-corrected chi connectivity index (χ0v) is 27.8. The van der Waals surface area contributed by atoms with E-state index < -0.39 is 7.32 Å². The first-order valence-electron chi connectivity index (χ1n) is 16.4. The van der Waals surface area contributed by atoms with Gasteiger partial charge in [-0.15, -0.1) is 0 Å². The molecule has 0 spiro atoms. The van der Waals surface area contributed by atoms with Crippen LogP contribution in [0.1, 0.15) is 57.8 Å². The molecule has 0 atom stereocenters. The summed E-state index contributed by atoms with van der Waals surface area (Å²) < 4.78 is 51.3. The highest BCUT2D eigenvalue weighted by Gasteiger charge is 2.30. The molecule has 252 valence electrons. The quantitative estimate of drug-likeness (QED) is 0.0614. The van der Waals surface area contributed by atoms with Crippen molar-refractivity contribution in [2.75, 3.05) is 61.0 Å². The maximum absolute atomic E-state index is 6.13. The fraction of sp³-hybridized carbons (Fsp3) is 0.500. The summed E-state index contributed by atoms with van der Waals surface area (Å²) >= 11 is 0. The van der Waals surface area contributed by atoms with Crippen LogP contribution in [0.5, 0.6) is 34.5 Å². The lowest BCUT2D eigenvalue weighted by Gasteiger charge is -2.17. The van der Waals surface area contributed by atoms with E-state index in [0.717, 1.165) is 94.9 Å². The molecule has 0 saturated heterocycles. The van der Waals surface area contributed by atoms with Gasteiger partial charge in [-0.05, 0) is 131 Å². The van der Waals surface area contributed by atoms with Crippen LogP contribution in [0.25, 0.3) is 0 Å². The van der Waals surface area contributed by atoms with Gasteiger partial charge in [0.05, 0.1) is 19.8 Å². The Morgan fingerprint density at radius 1 is 0.326 bits per heavy atom. The number of benzene rings is 3. The van der Waals surface area contributed by atoms with Crippen molar-refractivity contribution in [1.82, 2.24) is 0 Å². The first-order chi connectivity index (χ1) is 22.7. The second-order valence-electron chi connectivity index (χ2n) is 10.8. The maximum Gasteiger partial charge on any atom is 0.864 e. The minimum atomic E-state index is -1.05. The van der Waals surface area contributed by atoms with Crippen LogP contribution in [-0.2, 0) is 14.2 Å². The molecule has 0 aliphatic carbocycles. The number of rotatable bonds is 27. The van der Waals surface area contributed by atoms with Gasteiger partial charge in [0.2, 0.25) is 0 Å².